The highest BCUT2D eigenvalue weighted by Crippen LogP contribution is 2.40. The van der Waals surface area contributed by atoms with Crippen molar-refractivity contribution in [1.29, 1.82) is 0 Å². The van der Waals surface area contributed by atoms with Gasteiger partial charge in [0.15, 0.2) is 0 Å². The summed E-state index contributed by atoms with van der Waals surface area (Å²) in [6, 6.07) is 6.80. The van der Waals surface area contributed by atoms with Crippen molar-refractivity contribution >= 4 is 10.0 Å². The molecule has 1 heterocycles. The van der Waals surface area contributed by atoms with Gasteiger partial charge >= 0.3 is 0 Å². The van der Waals surface area contributed by atoms with Gasteiger partial charge in [-0.25, -0.2) is 8.42 Å². The van der Waals surface area contributed by atoms with E-state index in [1.54, 1.807) is 32.4 Å². The number of hydrogen-bond donors (Lipinski definition) is 1. The van der Waals surface area contributed by atoms with E-state index in [4.69, 9.17) is 4.74 Å². The Kier molecular flexibility index (Phi) is 5.87. The van der Waals surface area contributed by atoms with Crippen LogP contribution in [0.4, 0.5) is 0 Å². The molecule has 1 aromatic carbocycles. The smallest absolute Gasteiger partial charge is 0.255 e. The molecule has 0 amide bonds. The summed E-state index contributed by atoms with van der Waals surface area (Å²) < 4.78 is 31.0. The van der Waals surface area contributed by atoms with Gasteiger partial charge in [-0.3, -0.25) is 4.79 Å². The molecule has 1 atom stereocenters. The lowest BCUT2D eigenvalue weighted by Crippen LogP contribution is -2.29. The molecule has 7 heteroatoms. The number of pyridine rings is 1. The van der Waals surface area contributed by atoms with E-state index in [1.807, 2.05) is 12.1 Å². The first-order valence-electron chi connectivity index (χ1n) is 8.71. The highest BCUT2D eigenvalue weighted by molar-refractivity contribution is 7.88. The zero-order valence-corrected chi connectivity index (χ0v) is 17.8. The fourth-order valence-electron chi connectivity index (χ4n) is 3.05. The number of aromatic amines is 1. The molecule has 6 nitrogen and oxygen atoms in total. The molecule has 1 N–H and O–H groups in total. The summed E-state index contributed by atoms with van der Waals surface area (Å²) in [5, 5.41) is 0. The van der Waals surface area contributed by atoms with E-state index in [0.29, 0.717) is 22.4 Å². The van der Waals surface area contributed by atoms with Crippen LogP contribution in [-0.2, 0) is 15.4 Å². The second-order valence-electron chi connectivity index (χ2n) is 7.76. The van der Waals surface area contributed by atoms with Gasteiger partial charge in [0, 0.05) is 30.4 Å². The SMILES string of the molecule is COc1cc(C(C)N(C)S(C)(=O)=O)c(-c2ccc[nH]c2=O)cc1C(C)(C)C. The number of rotatable bonds is 5. The van der Waals surface area contributed by atoms with E-state index in [0.717, 1.165) is 5.56 Å². The van der Waals surface area contributed by atoms with E-state index in [-0.39, 0.29) is 11.0 Å². The van der Waals surface area contributed by atoms with Gasteiger partial charge in [0.25, 0.3) is 5.56 Å². The van der Waals surface area contributed by atoms with Gasteiger partial charge in [0.1, 0.15) is 5.75 Å². The van der Waals surface area contributed by atoms with Gasteiger partial charge in [-0.1, -0.05) is 20.8 Å². The van der Waals surface area contributed by atoms with E-state index >= 15 is 0 Å². The van der Waals surface area contributed by atoms with Crippen LogP contribution in [0.1, 0.15) is 44.9 Å². The number of aromatic nitrogens is 1. The minimum absolute atomic E-state index is 0.216. The highest BCUT2D eigenvalue weighted by atomic mass is 32.2. The molecule has 148 valence electrons. The predicted octanol–water partition coefficient (Wildman–Crippen LogP) is 3.30. The van der Waals surface area contributed by atoms with Gasteiger partial charge < -0.3 is 9.72 Å². The molecular weight excluding hydrogens is 364 g/mol. The van der Waals surface area contributed by atoms with Gasteiger partial charge in [-0.15, -0.1) is 0 Å². The van der Waals surface area contributed by atoms with E-state index in [9.17, 15) is 13.2 Å². The van der Waals surface area contributed by atoms with Crippen molar-refractivity contribution in [1.82, 2.24) is 9.29 Å². The van der Waals surface area contributed by atoms with Gasteiger partial charge in [0.2, 0.25) is 10.0 Å². The van der Waals surface area contributed by atoms with Crippen LogP contribution in [0.5, 0.6) is 5.75 Å². The van der Waals surface area contributed by atoms with Gasteiger partial charge in [0.05, 0.1) is 13.4 Å². The number of benzene rings is 1. The molecule has 0 aliphatic rings. The third kappa shape index (κ3) is 4.42. The Morgan fingerprint density at radius 2 is 1.81 bits per heavy atom. The summed E-state index contributed by atoms with van der Waals surface area (Å²) in [5.74, 6) is 0.669. The number of H-pyrrole nitrogens is 1. The fourth-order valence-corrected chi connectivity index (χ4v) is 3.73. The second-order valence-corrected chi connectivity index (χ2v) is 9.80. The Balaban J connectivity index is 2.86. The van der Waals surface area contributed by atoms with E-state index in [2.05, 4.69) is 25.8 Å². The van der Waals surface area contributed by atoms with Crippen molar-refractivity contribution in [3.63, 3.8) is 0 Å². The Labute approximate surface area is 161 Å². The third-order valence-electron chi connectivity index (χ3n) is 4.81. The predicted molar refractivity (Wildman–Crippen MR) is 109 cm³/mol. The molecule has 1 aromatic heterocycles. The van der Waals surface area contributed by atoms with E-state index < -0.39 is 16.1 Å². The third-order valence-corrected chi connectivity index (χ3v) is 6.17. The average Bonchev–Trinajstić information content (AvgIpc) is 2.58. The topological polar surface area (TPSA) is 79.5 Å². The summed E-state index contributed by atoms with van der Waals surface area (Å²) in [5.41, 5.74) is 2.41. The van der Waals surface area contributed by atoms with Crippen LogP contribution in [0.15, 0.2) is 35.3 Å². The Bertz CT molecular complexity index is 988. The lowest BCUT2D eigenvalue weighted by atomic mass is 9.82. The maximum Gasteiger partial charge on any atom is 0.255 e. The Morgan fingerprint density at radius 3 is 2.30 bits per heavy atom. The largest absolute Gasteiger partial charge is 0.496 e. The summed E-state index contributed by atoms with van der Waals surface area (Å²) in [6.45, 7) is 7.99. The van der Waals surface area contributed by atoms with Crippen molar-refractivity contribution in [2.24, 2.45) is 0 Å². The maximum absolute atomic E-state index is 12.5. The van der Waals surface area contributed by atoms with Crippen LogP contribution in [-0.4, -0.2) is 38.1 Å². The Hall–Kier alpha value is -2.12. The van der Waals surface area contributed by atoms with Crippen molar-refractivity contribution in [2.75, 3.05) is 20.4 Å². The molecule has 0 aliphatic carbocycles. The number of ether oxygens (including phenoxy) is 1. The van der Waals surface area contributed by atoms with Gasteiger partial charge in [-0.05, 0) is 47.7 Å². The molecule has 0 radical (unpaired) electrons. The molecule has 2 rings (SSSR count). The summed E-state index contributed by atoms with van der Waals surface area (Å²) in [4.78, 5) is 15.2. The van der Waals surface area contributed by atoms with Crippen molar-refractivity contribution in [3.05, 3.63) is 51.9 Å². The maximum atomic E-state index is 12.5. The molecule has 0 saturated carbocycles. The number of nitrogens with zero attached hydrogens (tertiary/aromatic N) is 1. The van der Waals surface area contributed by atoms with Crippen LogP contribution in [0.2, 0.25) is 0 Å². The standard InChI is InChI=1S/C20H28N2O4S/c1-13(22(5)27(7,24)25)15-12-18(26-6)17(20(2,3)4)11-16(15)14-9-8-10-21-19(14)23/h8-13H,1-7H3,(H,21,23). The molecular formula is C20H28N2O4S. The fraction of sp³-hybridized carbons (Fsp3) is 0.450. The summed E-state index contributed by atoms with van der Waals surface area (Å²) >= 11 is 0. The normalized spacial score (nSPS) is 13.6. The zero-order valence-electron chi connectivity index (χ0n) is 17.0. The zero-order chi connectivity index (χ0) is 20.6. The minimum atomic E-state index is -3.41. The average molecular weight is 393 g/mol. The number of nitrogens with one attached hydrogen (secondary N) is 1. The number of sulfonamides is 1. The van der Waals surface area contributed by atoms with Crippen molar-refractivity contribution in [3.8, 4) is 16.9 Å². The number of hydrogen-bond acceptors (Lipinski definition) is 4. The van der Waals surface area contributed by atoms with Crippen LogP contribution in [0.3, 0.4) is 0 Å². The lowest BCUT2D eigenvalue weighted by Gasteiger charge is -2.29. The van der Waals surface area contributed by atoms with Crippen LogP contribution in [0.25, 0.3) is 11.1 Å². The van der Waals surface area contributed by atoms with Gasteiger partial charge in [-0.2, -0.15) is 4.31 Å². The van der Waals surface area contributed by atoms with Crippen LogP contribution in [0, 0.1) is 0 Å². The lowest BCUT2D eigenvalue weighted by molar-refractivity contribution is 0.386. The Morgan fingerprint density at radius 1 is 1.19 bits per heavy atom. The monoisotopic (exact) mass is 392 g/mol. The summed E-state index contributed by atoms with van der Waals surface area (Å²) in [7, 11) is -0.288. The first kappa shape index (κ1) is 21.2. The van der Waals surface area contributed by atoms with Crippen molar-refractivity contribution < 1.29 is 13.2 Å². The molecule has 1 unspecified atom stereocenters. The molecule has 0 fully saturated rings. The first-order chi connectivity index (χ1) is 12.4. The van der Waals surface area contributed by atoms with E-state index in [1.165, 1.54) is 17.6 Å². The first-order valence-corrected chi connectivity index (χ1v) is 10.6. The number of methoxy groups -OCH3 is 1. The van der Waals surface area contributed by atoms with Crippen LogP contribution < -0.4 is 10.3 Å². The molecule has 0 aliphatic heterocycles. The highest BCUT2D eigenvalue weighted by Gasteiger charge is 2.28. The van der Waals surface area contributed by atoms with Crippen molar-refractivity contribution in [2.45, 2.75) is 39.2 Å². The molecule has 0 bridgehead atoms. The molecule has 0 saturated heterocycles. The quantitative estimate of drug-likeness (QED) is 0.847. The molecule has 27 heavy (non-hydrogen) atoms. The van der Waals surface area contributed by atoms with Crippen LogP contribution >= 0.6 is 0 Å². The minimum Gasteiger partial charge on any atom is -0.496 e. The summed E-state index contributed by atoms with van der Waals surface area (Å²) in [6.07, 6.45) is 2.74. The second kappa shape index (κ2) is 7.48. The molecule has 0 spiro atoms. The molecule has 2 aromatic rings.